The van der Waals surface area contributed by atoms with Gasteiger partial charge in [-0.05, 0) is 23.1 Å². The second kappa shape index (κ2) is 7.70. The predicted octanol–water partition coefficient (Wildman–Crippen LogP) is 4.28. The normalized spacial score (nSPS) is 14.9. The third-order valence-electron chi connectivity index (χ3n) is 5.42. The summed E-state index contributed by atoms with van der Waals surface area (Å²) in [5.74, 6) is 0.890. The maximum Gasteiger partial charge on any atom is 0.321 e. The van der Waals surface area contributed by atoms with Crippen molar-refractivity contribution in [3.63, 3.8) is 0 Å². The summed E-state index contributed by atoms with van der Waals surface area (Å²) >= 11 is 0. The Kier molecular flexibility index (Phi) is 5.09. The number of amides is 2. The van der Waals surface area contributed by atoms with Gasteiger partial charge in [0.25, 0.3) is 0 Å². The third-order valence-corrected chi connectivity index (χ3v) is 5.42. The lowest BCUT2D eigenvalue weighted by Crippen LogP contribution is -2.50. The van der Waals surface area contributed by atoms with Crippen LogP contribution < -0.4 is 10.2 Å². The summed E-state index contributed by atoms with van der Waals surface area (Å²) in [6.45, 7) is 9.31. The molecule has 1 N–H and O–H groups in total. The smallest absolute Gasteiger partial charge is 0.321 e. The number of carbonyl (C=O) groups is 1. The monoisotopic (exact) mass is 389 g/mol. The molecule has 1 aliphatic rings. The zero-order valence-electron chi connectivity index (χ0n) is 17.2. The lowest BCUT2D eigenvalue weighted by atomic mass is 9.87. The van der Waals surface area contributed by atoms with Crippen LogP contribution >= 0.6 is 0 Å². The van der Waals surface area contributed by atoms with E-state index in [1.165, 1.54) is 5.56 Å². The van der Waals surface area contributed by atoms with Crippen molar-refractivity contribution in [1.82, 2.24) is 15.1 Å². The molecule has 150 valence electrons. The van der Waals surface area contributed by atoms with Crippen molar-refractivity contribution in [2.24, 2.45) is 0 Å². The van der Waals surface area contributed by atoms with Gasteiger partial charge in [0.1, 0.15) is 0 Å². The molecule has 2 heterocycles. The maximum atomic E-state index is 12.7. The number of nitrogens with one attached hydrogen (secondary N) is 1. The molecule has 6 heteroatoms. The highest BCUT2D eigenvalue weighted by Crippen LogP contribution is 2.25. The van der Waals surface area contributed by atoms with Crippen molar-refractivity contribution in [2.75, 3.05) is 36.4 Å². The summed E-state index contributed by atoms with van der Waals surface area (Å²) < 4.78 is 0. The zero-order chi connectivity index (χ0) is 20.4. The topological polar surface area (TPSA) is 61.4 Å². The van der Waals surface area contributed by atoms with Crippen LogP contribution in [0.15, 0.2) is 54.7 Å². The fraction of sp³-hybridized carbons (Fsp3) is 0.348. The van der Waals surface area contributed by atoms with Crippen molar-refractivity contribution in [3.05, 3.63) is 60.3 Å². The number of carbonyl (C=O) groups excluding carboxylic acids is 1. The van der Waals surface area contributed by atoms with Crippen LogP contribution in [0.2, 0.25) is 0 Å². The van der Waals surface area contributed by atoms with Crippen molar-refractivity contribution in [3.8, 4) is 0 Å². The first kappa shape index (κ1) is 19.2. The van der Waals surface area contributed by atoms with Crippen molar-refractivity contribution in [1.29, 1.82) is 0 Å². The molecule has 1 saturated heterocycles. The van der Waals surface area contributed by atoms with Gasteiger partial charge < -0.3 is 15.1 Å². The van der Waals surface area contributed by atoms with Crippen LogP contribution in [0.3, 0.4) is 0 Å². The first-order valence-corrected chi connectivity index (χ1v) is 10.0. The maximum absolute atomic E-state index is 12.7. The highest BCUT2D eigenvalue weighted by atomic mass is 16.2. The number of nitrogens with zero attached hydrogens (tertiary/aromatic N) is 4. The van der Waals surface area contributed by atoms with Gasteiger partial charge in [-0.15, -0.1) is 5.10 Å². The van der Waals surface area contributed by atoms with Crippen molar-refractivity contribution in [2.45, 2.75) is 26.2 Å². The molecule has 0 saturated carbocycles. The summed E-state index contributed by atoms with van der Waals surface area (Å²) in [5, 5.41) is 13.7. The molecular formula is C23H27N5O. The van der Waals surface area contributed by atoms with Gasteiger partial charge in [0.05, 0.1) is 6.20 Å². The second-order valence-corrected chi connectivity index (χ2v) is 8.49. The van der Waals surface area contributed by atoms with E-state index < -0.39 is 0 Å². The second-order valence-electron chi connectivity index (χ2n) is 8.49. The molecule has 0 atom stereocenters. The number of benzene rings is 2. The van der Waals surface area contributed by atoms with E-state index in [4.69, 9.17) is 0 Å². The molecule has 0 radical (unpaired) electrons. The van der Waals surface area contributed by atoms with Crippen molar-refractivity contribution >= 4 is 28.3 Å². The van der Waals surface area contributed by atoms with E-state index in [9.17, 15) is 4.79 Å². The van der Waals surface area contributed by atoms with E-state index in [-0.39, 0.29) is 11.4 Å². The Bertz CT molecular complexity index is 996. The molecule has 4 rings (SSSR count). The van der Waals surface area contributed by atoms with E-state index in [2.05, 4.69) is 59.4 Å². The molecule has 0 spiro atoms. The zero-order valence-corrected chi connectivity index (χ0v) is 17.2. The van der Waals surface area contributed by atoms with Gasteiger partial charge in [0, 0.05) is 42.6 Å². The van der Waals surface area contributed by atoms with Crippen LogP contribution in [0.4, 0.5) is 16.3 Å². The molecule has 6 nitrogen and oxygen atoms in total. The first-order chi connectivity index (χ1) is 13.9. The molecule has 29 heavy (non-hydrogen) atoms. The largest absolute Gasteiger partial charge is 0.351 e. The predicted molar refractivity (Wildman–Crippen MR) is 117 cm³/mol. The Morgan fingerprint density at radius 1 is 0.966 bits per heavy atom. The molecule has 2 amide bonds. The standard InChI is InChI=1S/C23H27N5O/c1-23(2,3)18-8-10-19(11-9-18)25-22(29)28-14-12-27(13-15-28)21-20-7-5-4-6-17(20)16-24-26-21/h4-11,16H,12-15H2,1-3H3,(H,25,29). The minimum Gasteiger partial charge on any atom is -0.351 e. The Morgan fingerprint density at radius 2 is 1.66 bits per heavy atom. The summed E-state index contributed by atoms with van der Waals surface area (Å²) in [7, 11) is 0. The SMILES string of the molecule is CC(C)(C)c1ccc(NC(=O)N2CCN(c3nncc4ccccc34)CC2)cc1. The molecule has 0 bridgehead atoms. The molecule has 1 aliphatic heterocycles. The van der Waals surface area contributed by atoms with Crippen LogP contribution in [0, 0.1) is 0 Å². The Balaban J connectivity index is 1.38. The number of piperazine rings is 1. The van der Waals surface area contributed by atoms with Gasteiger partial charge in [0.2, 0.25) is 0 Å². The van der Waals surface area contributed by atoms with Gasteiger partial charge in [-0.25, -0.2) is 4.79 Å². The molecule has 0 unspecified atom stereocenters. The fourth-order valence-corrected chi connectivity index (χ4v) is 3.62. The van der Waals surface area contributed by atoms with E-state index in [1.54, 1.807) is 6.20 Å². The molecule has 0 aliphatic carbocycles. The minimum absolute atomic E-state index is 0.0582. The van der Waals surface area contributed by atoms with Crippen LogP contribution in [0.25, 0.3) is 10.8 Å². The number of hydrogen-bond acceptors (Lipinski definition) is 4. The van der Waals surface area contributed by atoms with E-state index in [0.717, 1.165) is 35.4 Å². The van der Waals surface area contributed by atoms with Crippen LogP contribution in [-0.2, 0) is 5.41 Å². The first-order valence-electron chi connectivity index (χ1n) is 10.0. The van der Waals surface area contributed by atoms with Crippen LogP contribution in [0.1, 0.15) is 26.3 Å². The number of fused-ring (bicyclic) bond motifs is 1. The van der Waals surface area contributed by atoms with Gasteiger partial charge in [0.15, 0.2) is 5.82 Å². The molecule has 1 fully saturated rings. The molecule has 1 aromatic heterocycles. The summed E-state index contributed by atoms with van der Waals surface area (Å²) in [6, 6.07) is 16.2. The summed E-state index contributed by atoms with van der Waals surface area (Å²) in [4.78, 5) is 16.7. The van der Waals surface area contributed by atoms with E-state index in [0.29, 0.717) is 13.1 Å². The summed E-state index contributed by atoms with van der Waals surface area (Å²) in [5.41, 5.74) is 2.18. The van der Waals surface area contributed by atoms with E-state index in [1.807, 2.05) is 35.2 Å². The molecule has 3 aromatic rings. The van der Waals surface area contributed by atoms with Gasteiger partial charge in [-0.2, -0.15) is 5.10 Å². The van der Waals surface area contributed by atoms with Gasteiger partial charge in [-0.1, -0.05) is 57.2 Å². The number of urea groups is 1. The Labute approximate surface area is 171 Å². The lowest BCUT2D eigenvalue weighted by molar-refractivity contribution is 0.208. The Hall–Kier alpha value is -3.15. The molecular weight excluding hydrogens is 362 g/mol. The highest BCUT2D eigenvalue weighted by Gasteiger charge is 2.23. The third kappa shape index (κ3) is 4.16. The molecule has 2 aromatic carbocycles. The average Bonchev–Trinajstić information content (AvgIpc) is 2.73. The number of anilines is 2. The Morgan fingerprint density at radius 3 is 2.34 bits per heavy atom. The van der Waals surface area contributed by atoms with Gasteiger partial charge >= 0.3 is 6.03 Å². The van der Waals surface area contributed by atoms with Crippen LogP contribution in [-0.4, -0.2) is 47.3 Å². The minimum atomic E-state index is -0.0582. The number of hydrogen-bond donors (Lipinski definition) is 1. The van der Waals surface area contributed by atoms with Gasteiger partial charge in [-0.3, -0.25) is 0 Å². The number of rotatable bonds is 2. The highest BCUT2D eigenvalue weighted by molar-refractivity contribution is 5.92. The average molecular weight is 390 g/mol. The lowest BCUT2D eigenvalue weighted by Gasteiger charge is -2.35. The van der Waals surface area contributed by atoms with E-state index >= 15 is 0 Å². The fourth-order valence-electron chi connectivity index (χ4n) is 3.62. The quantitative estimate of drug-likeness (QED) is 0.711. The number of aromatic nitrogens is 2. The van der Waals surface area contributed by atoms with Crippen molar-refractivity contribution < 1.29 is 4.79 Å². The van der Waals surface area contributed by atoms with Crippen LogP contribution in [0.5, 0.6) is 0 Å². The summed E-state index contributed by atoms with van der Waals surface area (Å²) in [6.07, 6.45) is 1.79.